The molecular formula is C15H22ClFN2. The van der Waals surface area contributed by atoms with Gasteiger partial charge in [-0.15, -0.1) is 0 Å². The summed E-state index contributed by atoms with van der Waals surface area (Å²) >= 11 is 6.16. The van der Waals surface area contributed by atoms with Gasteiger partial charge in [0.2, 0.25) is 0 Å². The van der Waals surface area contributed by atoms with Crippen LogP contribution in [0.15, 0.2) is 18.2 Å². The fourth-order valence-corrected chi connectivity index (χ4v) is 3.80. The second-order valence-electron chi connectivity index (χ2n) is 5.99. The molecule has 0 heterocycles. The van der Waals surface area contributed by atoms with Gasteiger partial charge >= 0.3 is 0 Å². The second-order valence-corrected chi connectivity index (χ2v) is 6.39. The van der Waals surface area contributed by atoms with E-state index in [1.54, 1.807) is 6.07 Å². The maximum Gasteiger partial charge on any atom is 0.124 e. The van der Waals surface area contributed by atoms with Crippen molar-refractivity contribution < 1.29 is 4.39 Å². The van der Waals surface area contributed by atoms with E-state index >= 15 is 0 Å². The summed E-state index contributed by atoms with van der Waals surface area (Å²) in [5.74, 6) is 7.27. The van der Waals surface area contributed by atoms with Gasteiger partial charge in [-0.1, -0.05) is 31.5 Å². The lowest BCUT2D eigenvalue weighted by Gasteiger charge is -2.36. The molecule has 0 saturated heterocycles. The zero-order chi connectivity index (χ0) is 14.0. The van der Waals surface area contributed by atoms with Crippen molar-refractivity contribution in [3.8, 4) is 0 Å². The number of rotatable bonds is 3. The molecule has 1 aliphatic carbocycles. The van der Waals surface area contributed by atoms with Crippen LogP contribution in [0, 0.1) is 23.6 Å². The molecule has 0 aliphatic heterocycles. The van der Waals surface area contributed by atoms with E-state index in [-0.39, 0.29) is 11.9 Å². The molecule has 1 aromatic carbocycles. The average molecular weight is 285 g/mol. The Bertz CT molecular complexity index is 428. The highest BCUT2D eigenvalue weighted by atomic mass is 35.5. The Morgan fingerprint density at radius 1 is 1.26 bits per heavy atom. The minimum absolute atomic E-state index is 0.00157. The Morgan fingerprint density at radius 3 is 2.42 bits per heavy atom. The van der Waals surface area contributed by atoms with Crippen LogP contribution in [0.2, 0.25) is 5.02 Å². The molecule has 106 valence electrons. The van der Waals surface area contributed by atoms with Crippen LogP contribution in [0.4, 0.5) is 4.39 Å². The third-order valence-electron chi connectivity index (χ3n) is 4.16. The van der Waals surface area contributed by atoms with Gasteiger partial charge < -0.3 is 0 Å². The molecule has 0 spiro atoms. The van der Waals surface area contributed by atoms with Crippen molar-refractivity contribution in [2.75, 3.05) is 0 Å². The van der Waals surface area contributed by atoms with Crippen molar-refractivity contribution in [3.05, 3.63) is 34.6 Å². The van der Waals surface area contributed by atoms with Crippen molar-refractivity contribution in [2.24, 2.45) is 23.6 Å². The molecule has 2 rings (SSSR count). The number of nitrogens with two attached hydrogens (primary N) is 1. The van der Waals surface area contributed by atoms with Crippen LogP contribution in [-0.2, 0) is 0 Å². The lowest BCUT2D eigenvalue weighted by molar-refractivity contribution is 0.177. The lowest BCUT2D eigenvalue weighted by Crippen LogP contribution is -2.37. The lowest BCUT2D eigenvalue weighted by atomic mass is 9.72. The Balaban J connectivity index is 2.23. The van der Waals surface area contributed by atoms with Crippen LogP contribution in [0.5, 0.6) is 0 Å². The van der Waals surface area contributed by atoms with Crippen molar-refractivity contribution in [1.29, 1.82) is 0 Å². The molecule has 19 heavy (non-hydrogen) atoms. The summed E-state index contributed by atoms with van der Waals surface area (Å²) < 4.78 is 13.1. The summed E-state index contributed by atoms with van der Waals surface area (Å²) in [6, 6.07) is 4.54. The quantitative estimate of drug-likeness (QED) is 0.649. The molecular weight excluding hydrogens is 263 g/mol. The maximum absolute atomic E-state index is 13.1. The minimum Gasteiger partial charge on any atom is -0.271 e. The molecule has 1 saturated carbocycles. The van der Waals surface area contributed by atoms with Crippen LogP contribution in [0.25, 0.3) is 0 Å². The Kier molecular flexibility index (Phi) is 4.82. The van der Waals surface area contributed by atoms with E-state index in [1.165, 1.54) is 18.6 Å². The summed E-state index contributed by atoms with van der Waals surface area (Å²) in [5, 5.41) is 0.453. The summed E-state index contributed by atoms with van der Waals surface area (Å²) in [6.45, 7) is 4.56. The molecule has 0 bridgehead atoms. The van der Waals surface area contributed by atoms with Crippen molar-refractivity contribution in [2.45, 2.75) is 39.2 Å². The van der Waals surface area contributed by atoms with Crippen molar-refractivity contribution in [1.82, 2.24) is 5.43 Å². The summed E-state index contributed by atoms with van der Waals surface area (Å²) in [4.78, 5) is 0. The first-order valence-electron chi connectivity index (χ1n) is 6.92. The predicted molar refractivity (Wildman–Crippen MR) is 77.1 cm³/mol. The normalized spacial score (nSPS) is 29.2. The van der Waals surface area contributed by atoms with E-state index in [9.17, 15) is 4.39 Å². The monoisotopic (exact) mass is 284 g/mol. The molecule has 0 radical (unpaired) electrons. The van der Waals surface area contributed by atoms with Gasteiger partial charge in [-0.3, -0.25) is 11.3 Å². The SMILES string of the molecule is CC1CC(C)CC(C(NN)c2ccc(F)cc2Cl)C1. The van der Waals surface area contributed by atoms with E-state index in [4.69, 9.17) is 17.4 Å². The fraction of sp³-hybridized carbons (Fsp3) is 0.600. The van der Waals surface area contributed by atoms with Gasteiger partial charge in [-0.25, -0.2) is 4.39 Å². The average Bonchev–Trinajstić information content (AvgIpc) is 2.31. The minimum atomic E-state index is -0.310. The highest BCUT2D eigenvalue weighted by Gasteiger charge is 2.31. The van der Waals surface area contributed by atoms with Gasteiger partial charge in [0.15, 0.2) is 0 Å². The second kappa shape index (κ2) is 6.21. The number of hydrogen-bond donors (Lipinski definition) is 2. The van der Waals surface area contributed by atoms with Crippen molar-refractivity contribution in [3.63, 3.8) is 0 Å². The largest absolute Gasteiger partial charge is 0.271 e. The van der Waals surface area contributed by atoms with E-state index in [2.05, 4.69) is 19.3 Å². The molecule has 2 nitrogen and oxygen atoms in total. The van der Waals surface area contributed by atoms with Crippen LogP contribution in [0.1, 0.15) is 44.7 Å². The molecule has 1 aliphatic rings. The highest BCUT2D eigenvalue weighted by Crippen LogP contribution is 2.41. The highest BCUT2D eigenvalue weighted by molar-refractivity contribution is 6.31. The molecule has 3 N–H and O–H groups in total. The smallest absolute Gasteiger partial charge is 0.124 e. The third-order valence-corrected chi connectivity index (χ3v) is 4.49. The number of hydrazine groups is 1. The first-order chi connectivity index (χ1) is 9.01. The molecule has 4 heteroatoms. The van der Waals surface area contributed by atoms with Gasteiger partial charge in [-0.05, 0) is 54.7 Å². The van der Waals surface area contributed by atoms with E-state index in [0.717, 1.165) is 18.4 Å². The van der Waals surface area contributed by atoms with Gasteiger partial charge in [0, 0.05) is 5.02 Å². The molecule has 1 fully saturated rings. The van der Waals surface area contributed by atoms with E-state index < -0.39 is 0 Å². The Morgan fingerprint density at radius 2 is 1.89 bits per heavy atom. The maximum atomic E-state index is 13.1. The predicted octanol–water partition coefficient (Wildman–Crippen LogP) is 4.06. The topological polar surface area (TPSA) is 38.0 Å². The number of nitrogens with one attached hydrogen (secondary N) is 1. The Labute approximate surface area is 119 Å². The van der Waals surface area contributed by atoms with Gasteiger partial charge in [0.1, 0.15) is 5.82 Å². The summed E-state index contributed by atoms with van der Waals surface area (Å²) in [6.07, 6.45) is 3.53. The van der Waals surface area contributed by atoms with Gasteiger partial charge in [-0.2, -0.15) is 0 Å². The first kappa shape index (κ1) is 14.8. The third kappa shape index (κ3) is 3.47. The van der Waals surface area contributed by atoms with Crippen LogP contribution < -0.4 is 11.3 Å². The molecule has 3 unspecified atom stereocenters. The zero-order valence-electron chi connectivity index (χ0n) is 11.5. The van der Waals surface area contributed by atoms with Crippen LogP contribution in [-0.4, -0.2) is 0 Å². The molecule has 1 aromatic rings. The Hall–Kier alpha value is -0.640. The summed E-state index contributed by atoms with van der Waals surface area (Å²) in [5.41, 5.74) is 3.78. The fourth-order valence-electron chi connectivity index (χ4n) is 3.51. The molecule has 3 atom stereocenters. The number of benzene rings is 1. The zero-order valence-corrected chi connectivity index (χ0v) is 12.3. The van der Waals surface area contributed by atoms with Crippen molar-refractivity contribution >= 4 is 11.6 Å². The first-order valence-corrected chi connectivity index (χ1v) is 7.30. The number of hydrogen-bond acceptors (Lipinski definition) is 2. The standard InChI is InChI=1S/C15H22ClFN2/c1-9-5-10(2)7-11(6-9)15(19-18)13-4-3-12(17)8-14(13)16/h3-4,8-11,15,19H,5-7,18H2,1-2H3. The van der Waals surface area contributed by atoms with E-state index in [1.807, 2.05) is 0 Å². The van der Waals surface area contributed by atoms with E-state index in [0.29, 0.717) is 22.8 Å². The van der Waals surface area contributed by atoms with Crippen LogP contribution in [0.3, 0.4) is 0 Å². The van der Waals surface area contributed by atoms with Gasteiger partial charge in [0.25, 0.3) is 0 Å². The molecule has 0 aromatic heterocycles. The van der Waals surface area contributed by atoms with Crippen LogP contribution >= 0.6 is 11.6 Å². The van der Waals surface area contributed by atoms with Gasteiger partial charge in [0.05, 0.1) is 6.04 Å². The molecule has 0 amide bonds. The summed E-state index contributed by atoms with van der Waals surface area (Å²) in [7, 11) is 0. The number of halogens is 2.